The lowest BCUT2D eigenvalue weighted by molar-refractivity contribution is -0.138. The number of hydrogen-bond acceptors (Lipinski definition) is 6. The number of alkyl halides is 3. The first-order valence-corrected chi connectivity index (χ1v) is 8.30. The minimum absolute atomic E-state index is 0.130. The molecule has 1 aliphatic heterocycles. The summed E-state index contributed by atoms with van der Waals surface area (Å²) in [6.07, 6.45) is -3.20. The summed E-state index contributed by atoms with van der Waals surface area (Å²) in [7, 11) is -3.36. The summed E-state index contributed by atoms with van der Waals surface area (Å²) in [5, 5.41) is 0. The van der Waals surface area contributed by atoms with Gasteiger partial charge in [0.1, 0.15) is 11.4 Å². The van der Waals surface area contributed by atoms with Gasteiger partial charge in [0.15, 0.2) is 0 Å². The Morgan fingerprint density at radius 1 is 1.18 bits per heavy atom. The predicted octanol–water partition coefficient (Wildman–Crippen LogP) is 0.799. The van der Waals surface area contributed by atoms with Crippen LogP contribution in [0.25, 0.3) is 0 Å². The number of nitrogens with two attached hydrogens (primary N) is 2. The third kappa shape index (κ3) is 3.40. The topological polar surface area (TPSA) is 115 Å². The van der Waals surface area contributed by atoms with Crippen molar-refractivity contribution in [3.63, 3.8) is 0 Å². The normalized spacial score (nSPS) is 18.5. The molecule has 0 radical (unpaired) electrons. The number of rotatable bonds is 2. The molecule has 1 aliphatic rings. The summed E-state index contributed by atoms with van der Waals surface area (Å²) < 4.78 is 63.6. The van der Waals surface area contributed by atoms with E-state index in [0.717, 1.165) is 6.26 Å². The molecule has 1 aromatic heterocycles. The molecule has 11 heteroatoms. The van der Waals surface area contributed by atoms with E-state index in [0.29, 0.717) is 0 Å². The quantitative estimate of drug-likeness (QED) is 0.823. The van der Waals surface area contributed by atoms with Crippen molar-refractivity contribution in [2.45, 2.75) is 24.9 Å². The number of piperidine rings is 1. The molecule has 2 rings (SSSR count). The first-order chi connectivity index (χ1) is 10.00. The molecule has 2 heterocycles. The molecule has 124 valence electrons. The number of anilines is 2. The lowest BCUT2D eigenvalue weighted by Gasteiger charge is -2.31. The Morgan fingerprint density at radius 3 is 2.18 bits per heavy atom. The van der Waals surface area contributed by atoms with E-state index in [1.54, 1.807) is 0 Å². The molecule has 4 N–H and O–H groups in total. The van der Waals surface area contributed by atoms with Crippen LogP contribution in [0.15, 0.2) is 0 Å². The lowest BCUT2D eigenvalue weighted by Crippen LogP contribution is -2.37. The number of nitrogen functional groups attached to an aromatic ring is 2. The smallest absolute Gasteiger partial charge is 0.383 e. The highest BCUT2D eigenvalue weighted by molar-refractivity contribution is 7.88. The second kappa shape index (κ2) is 5.54. The van der Waals surface area contributed by atoms with Crippen molar-refractivity contribution in [1.82, 2.24) is 14.3 Å². The lowest BCUT2D eigenvalue weighted by atomic mass is 9.91. The van der Waals surface area contributed by atoms with Crippen LogP contribution in [0.2, 0.25) is 0 Å². The average Bonchev–Trinajstić information content (AvgIpc) is 2.35. The molecular formula is C11H16F3N5O2S. The van der Waals surface area contributed by atoms with E-state index < -0.39 is 33.5 Å². The molecular weight excluding hydrogens is 323 g/mol. The standard InChI is InChI=1S/C11H16F3N5O2S/c1-22(20,21)19-4-2-6(3-5-19)8-7(11(12,13)14)9(15)18-10(16)17-8/h6H,2-5H2,1H3,(H4,15,16,17,18). The molecule has 0 atom stereocenters. The SMILES string of the molecule is CS(=O)(=O)N1CCC(c2nc(N)nc(N)c2C(F)(F)F)CC1. The zero-order chi connectivity index (χ0) is 16.7. The van der Waals surface area contributed by atoms with Gasteiger partial charge in [0.05, 0.1) is 11.9 Å². The van der Waals surface area contributed by atoms with Crippen molar-refractivity contribution in [2.24, 2.45) is 0 Å². The van der Waals surface area contributed by atoms with Gasteiger partial charge in [0.2, 0.25) is 16.0 Å². The van der Waals surface area contributed by atoms with Gasteiger partial charge in [0, 0.05) is 19.0 Å². The zero-order valence-electron chi connectivity index (χ0n) is 11.8. The van der Waals surface area contributed by atoms with E-state index >= 15 is 0 Å². The van der Waals surface area contributed by atoms with E-state index in [1.807, 2.05) is 0 Å². The van der Waals surface area contributed by atoms with Gasteiger partial charge in [-0.3, -0.25) is 0 Å². The number of nitrogens with zero attached hydrogens (tertiary/aromatic N) is 3. The van der Waals surface area contributed by atoms with Crippen LogP contribution >= 0.6 is 0 Å². The maximum atomic E-state index is 13.2. The van der Waals surface area contributed by atoms with Gasteiger partial charge in [0.25, 0.3) is 0 Å². The highest BCUT2D eigenvalue weighted by atomic mass is 32.2. The predicted molar refractivity (Wildman–Crippen MR) is 74.3 cm³/mol. The van der Waals surface area contributed by atoms with Crippen molar-refractivity contribution in [3.05, 3.63) is 11.3 Å². The maximum absolute atomic E-state index is 13.2. The highest BCUT2D eigenvalue weighted by Crippen LogP contribution is 2.40. The molecule has 0 spiro atoms. The first-order valence-electron chi connectivity index (χ1n) is 6.45. The minimum atomic E-state index is -4.69. The summed E-state index contributed by atoms with van der Waals surface area (Å²) in [6, 6.07) is 0. The van der Waals surface area contributed by atoms with Crippen molar-refractivity contribution < 1.29 is 21.6 Å². The van der Waals surface area contributed by atoms with Crippen LogP contribution < -0.4 is 11.5 Å². The van der Waals surface area contributed by atoms with Crippen molar-refractivity contribution >= 4 is 21.8 Å². The fourth-order valence-electron chi connectivity index (χ4n) is 2.56. The second-order valence-electron chi connectivity index (χ2n) is 5.16. The summed E-state index contributed by atoms with van der Waals surface area (Å²) in [4.78, 5) is 7.08. The molecule has 1 aromatic rings. The van der Waals surface area contributed by atoms with Gasteiger partial charge >= 0.3 is 6.18 Å². The van der Waals surface area contributed by atoms with Crippen molar-refractivity contribution in [3.8, 4) is 0 Å². The number of hydrogen-bond donors (Lipinski definition) is 2. The third-order valence-corrected chi connectivity index (χ3v) is 4.88. The van der Waals surface area contributed by atoms with Crippen molar-refractivity contribution in [2.75, 3.05) is 30.8 Å². The van der Waals surface area contributed by atoms with E-state index in [2.05, 4.69) is 9.97 Å². The number of sulfonamides is 1. The van der Waals surface area contributed by atoms with Crippen LogP contribution in [0.4, 0.5) is 24.9 Å². The first kappa shape index (κ1) is 16.7. The van der Waals surface area contributed by atoms with Gasteiger partial charge in [-0.05, 0) is 12.8 Å². The summed E-state index contributed by atoms with van der Waals surface area (Å²) >= 11 is 0. The summed E-state index contributed by atoms with van der Waals surface area (Å²) in [6.45, 7) is 0.259. The van der Waals surface area contributed by atoms with Gasteiger partial charge in [-0.2, -0.15) is 18.2 Å². The molecule has 1 saturated heterocycles. The maximum Gasteiger partial charge on any atom is 0.421 e. The van der Waals surface area contributed by atoms with Crippen LogP contribution in [-0.2, 0) is 16.2 Å². The molecule has 22 heavy (non-hydrogen) atoms. The van der Waals surface area contributed by atoms with Crippen LogP contribution in [-0.4, -0.2) is 42.0 Å². The Bertz CT molecular complexity index is 669. The monoisotopic (exact) mass is 339 g/mol. The Labute approximate surface area is 125 Å². The second-order valence-corrected chi connectivity index (χ2v) is 7.14. The van der Waals surface area contributed by atoms with E-state index in [9.17, 15) is 21.6 Å². The van der Waals surface area contributed by atoms with E-state index in [-0.39, 0.29) is 37.6 Å². The van der Waals surface area contributed by atoms with Crippen LogP contribution in [0.5, 0.6) is 0 Å². The third-order valence-electron chi connectivity index (χ3n) is 3.58. The van der Waals surface area contributed by atoms with Gasteiger partial charge < -0.3 is 11.5 Å². The summed E-state index contributed by atoms with van der Waals surface area (Å²) in [5.41, 5.74) is 9.41. The van der Waals surface area contributed by atoms with Crippen LogP contribution in [0.3, 0.4) is 0 Å². The Balaban J connectivity index is 2.35. The molecule has 7 nitrogen and oxygen atoms in total. The molecule has 0 amide bonds. The molecule has 0 bridgehead atoms. The largest absolute Gasteiger partial charge is 0.421 e. The summed E-state index contributed by atoms with van der Waals surface area (Å²) in [5.74, 6) is -1.60. The Kier molecular flexibility index (Phi) is 4.22. The molecule has 0 aliphatic carbocycles. The number of halogens is 3. The Morgan fingerprint density at radius 2 is 1.73 bits per heavy atom. The molecule has 0 saturated carbocycles. The van der Waals surface area contributed by atoms with E-state index in [4.69, 9.17) is 11.5 Å². The minimum Gasteiger partial charge on any atom is -0.383 e. The van der Waals surface area contributed by atoms with Crippen LogP contribution in [0.1, 0.15) is 30.0 Å². The van der Waals surface area contributed by atoms with E-state index in [1.165, 1.54) is 4.31 Å². The molecule has 0 aromatic carbocycles. The number of aromatic nitrogens is 2. The van der Waals surface area contributed by atoms with Gasteiger partial charge in [-0.15, -0.1) is 0 Å². The van der Waals surface area contributed by atoms with Crippen molar-refractivity contribution in [1.29, 1.82) is 0 Å². The fraction of sp³-hybridized carbons (Fsp3) is 0.636. The van der Waals surface area contributed by atoms with Gasteiger partial charge in [-0.1, -0.05) is 0 Å². The molecule has 1 fully saturated rings. The van der Waals surface area contributed by atoms with Crippen LogP contribution in [0, 0.1) is 0 Å². The fourth-order valence-corrected chi connectivity index (χ4v) is 3.44. The van der Waals surface area contributed by atoms with Gasteiger partial charge in [-0.25, -0.2) is 17.7 Å². The molecule has 0 unspecified atom stereocenters. The highest BCUT2D eigenvalue weighted by Gasteiger charge is 2.40. The Hall–Kier alpha value is -1.62. The zero-order valence-corrected chi connectivity index (χ0v) is 12.6. The average molecular weight is 339 g/mol.